The molecule has 1 fully saturated rings. The topological polar surface area (TPSA) is 49.4 Å². The van der Waals surface area contributed by atoms with Crippen LogP contribution in [-0.2, 0) is 16.1 Å². The number of halogens is 1. The molecule has 17 heavy (non-hydrogen) atoms. The van der Waals surface area contributed by atoms with Gasteiger partial charge in [0.25, 0.3) is 0 Å². The quantitative estimate of drug-likeness (QED) is 0.906. The number of thiophene rings is 1. The second-order valence-electron chi connectivity index (χ2n) is 4.10. The van der Waals surface area contributed by atoms with Crippen LogP contribution in [0.25, 0.3) is 0 Å². The van der Waals surface area contributed by atoms with E-state index in [9.17, 15) is 9.59 Å². The third kappa shape index (κ3) is 2.98. The molecule has 1 aliphatic heterocycles. The van der Waals surface area contributed by atoms with E-state index >= 15 is 0 Å². The summed E-state index contributed by atoms with van der Waals surface area (Å²) in [5.41, 5.74) is 0. The lowest BCUT2D eigenvalue weighted by atomic mass is 10.1. The van der Waals surface area contributed by atoms with Crippen molar-refractivity contribution < 1.29 is 9.59 Å². The monoisotopic (exact) mass is 272 g/mol. The average molecular weight is 273 g/mol. The standard InChI is InChI=1S/C11H13ClN2O2S/c1-14-6-7(4-10(14)15)11(16)13-5-8-2-3-9(12)17-8/h2-3,7H,4-6H2,1H3,(H,13,16)/t7-/m0/s1. The Bertz CT molecular complexity index is 446. The zero-order valence-corrected chi connectivity index (χ0v) is 11.0. The minimum Gasteiger partial charge on any atom is -0.351 e. The maximum atomic E-state index is 11.8. The van der Waals surface area contributed by atoms with E-state index in [0.717, 1.165) is 4.88 Å². The molecule has 0 saturated carbocycles. The van der Waals surface area contributed by atoms with Crippen molar-refractivity contribution in [3.63, 3.8) is 0 Å². The molecule has 2 heterocycles. The van der Waals surface area contributed by atoms with Gasteiger partial charge >= 0.3 is 0 Å². The third-order valence-electron chi connectivity index (χ3n) is 2.78. The van der Waals surface area contributed by atoms with Gasteiger partial charge in [0.05, 0.1) is 16.8 Å². The van der Waals surface area contributed by atoms with Crippen molar-refractivity contribution in [2.24, 2.45) is 5.92 Å². The lowest BCUT2D eigenvalue weighted by Gasteiger charge is -2.10. The molecule has 4 nitrogen and oxygen atoms in total. The number of amides is 2. The number of nitrogens with zero attached hydrogens (tertiary/aromatic N) is 1. The summed E-state index contributed by atoms with van der Waals surface area (Å²) in [6.07, 6.45) is 0.313. The number of rotatable bonds is 3. The Morgan fingerprint density at radius 1 is 1.65 bits per heavy atom. The molecular formula is C11H13ClN2O2S. The van der Waals surface area contributed by atoms with Crippen LogP contribution < -0.4 is 5.32 Å². The molecule has 1 atom stereocenters. The second kappa shape index (κ2) is 5.06. The minimum atomic E-state index is -0.220. The smallest absolute Gasteiger partial charge is 0.225 e. The molecule has 2 amide bonds. The Labute approximate surface area is 109 Å². The van der Waals surface area contributed by atoms with Crippen LogP contribution in [0.15, 0.2) is 12.1 Å². The van der Waals surface area contributed by atoms with Gasteiger partial charge in [0, 0.05) is 24.9 Å². The van der Waals surface area contributed by atoms with E-state index < -0.39 is 0 Å². The van der Waals surface area contributed by atoms with E-state index in [4.69, 9.17) is 11.6 Å². The van der Waals surface area contributed by atoms with E-state index in [-0.39, 0.29) is 17.7 Å². The number of hydrogen-bond donors (Lipinski definition) is 1. The molecule has 0 unspecified atom stereocenters. The van der Waals surface area contributed by atoms with Gasteiger partial charge in [-0.05, 0) is 12.1 Å². The van der Waals surface area contributed by atoms with Gasteiger partial charge < -0.3 is 10.2 Å². The van der Waals surface area contributed by atoms with Crippen LogP contribution in [0.2, 0.25) is 4.34 Å². The van der Waals surface area contributed by atoms with Crippen molar-refractivity contribution in [2.75, 3.05) is 13.6 Å². The van der Waals surface area contributed by atoms with Gasteiger partial charge in [-0.2, -0.15) is 0 Å². The summed E-state index contributed by atoms with van der Waals surface area (Å²) in [6.45, 7) is 0.987. The fourth-order valence-corrected chi connectivity index (χ4v) is 2.83. The molecule has 1 saturated heterocycles. The largest absolute Gasteiger partial charge is 0.351 e. The van der Waals surface area contributed by atoms with Crippen molar-refractivity contribution in [3.8, 4) is 0 Å². The highest BCUT2D eigenvalue weighted by Crippen LogP contribution is 2.21. The van der Waals surface area contributed by atoms with Gasteiger partial charge in [-0.3, -0.25) is 9.59 Å². The van der Waals surface area contributed by atoms with E-state index in [1.807, 2.05) is 6.07 Å². The van der Waals surface area contributed by atoms with Crippen LogP contribution in [0.4, 0.5) is 0 Å². The van der Waals surface area contributed by atoms with E-state index in [1.54, 1.807) is 18.0 Å². The molecule has 1 N–H and O–H groups in total. The summed E-state index contributed by atoms with van der Waals surface area (Å²) in [7, 11) is 1.72. The molecular weight excluding hydrogens is 260 g/mol. The Kier molecular flexibility index (Phi) is 3.69. The molecule has 92 valence electrons. The first kappa shape index (κ1) is 12.4. The first-order valence-corrected chi connectivity index (χ1v) is 6.51. The van der Waals surface area contributed by atoms with Gasteiger partial charge in [-0.1, -0.05) is 11.6 Å². The molecule has 6 heteroatoms. The van der Waals surface area contributed by atoms with Gasteiger partial charge in [0.15, 0.2) is 0 Å². The van der Waals surface area contributed by atoms with Crippen LogP contribution in [0.5, 0.6) is 0 Å². The van der Waals surface area contributed by atoms with E-state index in [2.05, 4.69) is 5.32 Å². The van der Waals surface area contributed by atoms with Crippen LogP contribution >= 0.6 is 22.9 Å². The van der Waals surface area contributed by atoms with Crippen molar-refractivity contribution in [3.05, 3.63) is 21.3 Å². The molecule has 1 aromatic heterocycles. The summed E-state index contributed by atoms with van der Waals surface area (Å²) in [5.74, 6) is -0.250. The SMILES string of the molecule is CN1C[C@@H](C(=O)NCc2ccc(Cl)s2)CC1=O. The van der Waals surface area contributed by atoms with Crippen LogP contribution in [0, 0.1) is 5.92 Å². The van der Waals surface area contributed by atoms with Gasteiger partial charge in [-0.15, -0.1) is 11.3 Å². The fraction of sp³-hybridized carbons (Fsp3) is 0.455. The summed E-state index contributed by atoms with van der Waals surface area (Å²) < 4.78 is 0.713. The lowest BCUT2D eigenvalue weighted by molar-refractivity contribution is -0.128. The number of carbonyl (C=O) groups excluding carboxylic acids is 2. The normalized spacial score (nSPS) is 19.8. The highest BCUT2D eigenvalue weighted by molar-refractivity contribution is 7.16. The van der Waals surface area contributed by atoms with E-state index in [1.165, 1.54) is 11.3 Å². The molecule has 0 aromatic carbocycles. The van der Waals surface area contributed by atoms with Crippen molar-refractivity contribution >= 4 is 34.8 Å². The predicted molar refractivity (Wildman–Crippen MR) is 66.9 cm³/mol. The number of hydrogen-bond acceptors (Lipinski definition) is 3. The molecule has 0 aliphatic carbocycles. The minimum absolute atomic E-state index is 0.0318. The highest BCUT2D eigenvalue weighted by atomic mass is 35.5. The first-order valence-electron chi connectivity index (χ1n) is 5.32. The molecule has 1 aromatic rings. The summed E-state index contributed by atoms with van der Waals surface area (Å²) in [5, 5.41) is 2.83. The maximum Gasteiger partial charge on any atom is 0.225 e. The van der Waals surface area contributed by atoms with E-state index in [0.29, 0.717) is 23.8 Å². The van der Waals surface area contributed by atoms with Crippen molar-refractivity contribution in [1.29, 1.82) is 0 Å². The van der Waals surface area contributed by atoms with Crippen LogP contribution in [0.3, 0.4) is 0 Å². The van der Waals surface area contributed by atoms with Gasteiger partial charge in [0.2, 0.25) is 11.8 Å². The molecule has 0 radical (unpaired) electrons. The molecule has 2 rings (SSSR count). The second-order valence-corrected chi connectivity index (χ2v) is 5.90. The van der Waals surface area contributed by atoms with Gasteiger partial charge in [0.1, 0.15) is 0 Å². The van der Waals surface area contributed by atoms with Crippen molar-refractivity contribution in [2.45, 2.75) is 13.0 Å². The highest BCUT2D eigenvalue weighted by Gasteiger charge is 2.31. The molecule has 0 bridgehead atoms. The predicted octanol–water partition coefficient (Wildman–Crippen LogP) is 1.50. The summed E-state index contributed by atoms with van der Waals surface area (Å²) in [6, 6.07) is 3.69. The number of nitrogens with one attached hydrogen (secondary N) is 1. The summed E-state index contributed by atoms with van der Waals surface area (Å²) in [4.78, 5) is 25.7. The maximum absolute atomic E-state index is 11.8. The molecule has 0 spiro atoms. The zero-order valence-electron chi connectivity index (χ0n) is 9.40. The fourth-order valence-electron chi connectivity index (χ4n) is 1.80. The van der Waals surface area contributed by atoms with Gasteiger partial charge in [-0.25, -0.2) is 0 Å². The Balaban J connectivity index is 1.84. The Hall–Kier alpha value is -1.07. The van der Waals surface area contributed by atoms with Crippen LogP contribution in [-0.4, -0.2) is 30.3 Å². The number of likely N-dealkylation sites (tertiary alicyclic amines) is 1. The first-order chi connectivity index (χ1) is 8.06. The Morgan fingerprint density at radius 3 is 2.94 bits per heavy atom. The van der Waals surface area contributed by atoms with Crippen LogP contribution in [0.1, 0.15) is 11.3 Å². The van der Waals surface area contributed by atoms with Crippen molar-refractivity contribution in [1.82, 2.24) is 10.2 Å². The lowest BCUT2D eigenvalue weighted by Crippen LogP contribution is -2.31. The molecule has 1 aliphatic rings. The summed E-state index contributed by atoms with van der Waals surface area (Å²) >= 11 is 7.24. The average Bonchev–Trinajstić information content (AvgIpc) is 2.83. The zero-order chi connectivity index (χ0) is 12.4. The third-order valence-corrected chi connectivity index (χ3v) is 4.01. The number of carbonyl (C=O) groups is 2. The Morgan fingerprint density at radius 2 is 2.41 bits per heavy atom.